The van der Waals surface area contributed by atoms with Crippen LogP contribution in [-0.4, -0.2) is 26.4 Å². The first kappa shape index (κ1) is 23.7. The lowest BCUT2D eigenvalue weighted by Gasteiger charge is -2.16. The first-order valence-electron chi connectivity index (χ1n) is 10.6. The molecule has 2 aromatic rings. The van der Waals surface area contributed by atoms with Gasteiger partial charge in [0.2, 0.25) is 0 Å². The number of nitrogens with one attached hydrogen (secondary N) is 1. The summed E-state index contributed by atoms with van der Waals surface area (Å²) >= 11 is 3.66. The molecule has 0 aliphatic heterocycles. The Labute approximate surface area is 184 Å². The predicted octanol–water partition coefficient (Wildman–Crippen LogP) is 6.03. The van der Waals surface area contributed by atoms with Crippen LogP contribution in [0.25, 0.3) is 0 Å². The fourth-order valence-corrected chi connectivity index (χ4v) is 3.57. The van der Waals surface area contributed by atoms with Gasteiger partial charge in [-0.3, -0.25) is 0 Å². The number of benzene rings is 2. The molecular weight excluding hydrogens is 430 g/mol. The summed E-state index contributed by atoms with van der Waals surface area (Å²) in [6, 6.07) is 12.5. The molecule has 0 aliphatic carbocycles. The second-order valence-electron chi connectivity index (χ2n) is 7.11. The molecule has 0 saturated heterocycles. The van der Waals surface area contributed by atoms with Crippen molar-refractivity contribution in [3.05, 3.63) is 57.6 Å². The van der Waals surface area contributed by atoms with E-state index in [-0.39, 0.29) is 0 Å². The van der Waals surface area contributed by atoms with Crippen LogP contribution < -0.4 is 14.8 Å². The van der Waals surface area contributed by atoms with Crippen LogP contribution in [0.1, 0.15) is 49.8 Å². The average Bonchev–Trinajstić information content (AvgIpc) is 2.70. The molecule has 0 unspecified atom stereocenters. The lowest BCUT2D eigenvalue weighted by atomic mass is 10.1. The Morgan fingerprint density at radius 3 is 2.55 bits per heavy atom. The number of aryl methyl sites for hydroxylation is 1. The lowest BCUT2D eigenvalue weighted by molar-refractivity contribution is 0.129. The molecule has 0 aliphatic rings. The van der Waals surface area contributed by atoms with E-state index in [1.165, 1.54) is 12.0 Å². The van der Waals surface area contributed by atoms with Gasteiger partial charge >= 0.3 is 0 Å². The molecule has 0 radical (unpaired) electrons. The standard InChI is InChI=1S/C24H34BrNO3/c1-4-6-12-27-13-8-11-26-17-21-15-22(25)24(23(16-21)28-5-2)29-18-20-10-7-9-19(3)14-20/h7,9-10,14-16,26H,4-6,8,11-13,17-18H2,1-3H3. The monoisotopic (exact) mass is 463 g/mol. The highest BCUT2D eigenvalue weighted by molar-refractivity contribution is 9.10. The molecule has 0 amide bonds. The van der Waals surface area contributed by atoms with E-state index in [9.17, 15) is 0 Å². The van der Waals surface area contributed by atoms with Gasteiger partial charge in [0.15, 0.2) is 11.5 Å². The number of rotatable bonds is 14. The third kappa shape index (κ3) is 8.77. The molecule has 2 rings (SSSR count). The Kier molecular flexibility index (Phi) is 11.1. The molecule has 0 bridgehead atoms. The molecule has 2 aromatic carbocycles. The minimum Gasteiger partial charge on any atom is -0.490 e. The first-order chi connectivity index (χ1) is 14.1. The summed E-state index contributed by atoms with van der Waals surface area (Å²) in [6.07, 6.45) is 3.33. The van der Waals surface area contributed by atoms with Gasteiger partial charge in [-0.2, -0.15) is 0 Å². The molecule has 0 atom stereocenters. The van der Waals surface area contributed by atoms with Crippen molar-refractivity contribution in [1.82, 2.24) is 5.32 Å². The molecule has 0 saturated carbocycles. The fourth-order valence-electron chi connectivity index (χ4n) is 2.96. The summed E-state index contributed by atoms with van der Waals surface area (Å²) in [5, 5.41) is 3.48. The number of hydrogen-bond donors (Lipinski definition) is 1. The zero-order valence-corrected chi connectivity index (χ0v) is 19.5. The van der Waals surface area contributed by atoms with Gasteiger partial charge in [-0.1, -0.05) is 43.2 Å². The van der Waals surface area contributed by atoms with Gasteiger partial charge in [0.1, 0.15) is 6.61 Å². The summed E-state index contributed by atoms with van der Waals surface area (Å²) in [5.74, 6) is 1.52. The Hall–Kier alpha value is -1.56. The minimum atomic E-state index is 0.510. The summed E-state index contributed by atoms with van der Waals surface area (Å²) in [6.45, 7) is 10.8. The molecule has 0 fully saturated rings. The maximum Gasteiger partial charge on any atom is 0.175 e. The summed E-state index contributed by atoms with van der Waals surface area (Å²) in [4.78, 5) is 0. The van der Waals surface area contributed by atoms with Gasteiger partial charge in [0.25, 0.3) is 0 Å². The van der Waals surface area contributed by atoms with E-state index >= 15 is 0 Å². The molecule has 5 heteroatoms. The Bertz CT molecular complexity index is 736. The Morgan fingerprint density at radius 2 is 1.79 bits per heavy atom. The van der Waals surface area contributed by atoms with Crippen LogP contribution in [0.15, 0.2) is 40.9 Å². The van der Waals surface area contributed by atoms with Gasteiger partial charge in [-0.15, -0.1) is 0 Å². The van der Waals surface area contributed by atoms with Crippen molar-refractivity contribution in [2.24, 2.45) is 0 Å². The van der Waals surface area contributed by atoms with E-state index < -0.39 is 0 Å². The summed E-state index contributed by atoms with van der Waals surface area (Å²) in [7, 11) is 0. The number of hydrogen-bond acceptors (Lipinski definition) is 4. The fraction of sp³-hybridized carbons (Fsp3) is 0.500. The zero-order valence-electron chi connectivity index (χ0n) is 17.9. The van der Waals surface area contributed by atoms with Gasteiger partial charge in [0.05, 0.1) is 11.1 Å². The van der Waals surface area contributed by atoms with Crippen molar-refractivity contribution in [2.75, 3.05) is 26.4 Å². The minimum absolute atomic E-state index is 0.510. The van der Waals surface area contributed by atoms with Crippen LogP contribution in [0.2, 0.25) is 0 Å². The van der Waals surface area contributed by atoms with Gasteiger partial charge in [-0.05, 0) is 72.4 Å². The molecule has 160 valence electrons. The quantitative estimate of drug-likeness (QED) is 0.347. The lowest BCUT2D eigenvalue weighted by Crippen LogP contribution is -2.16. The van der Waals surface area contributed by atoms with Crippen LogP contribution in [0.4, 0.5) is 0 Å². The molecule has 0 aromatic heterocycles. The van der Waals surface area contributed by atoms with Gasteiger partial charge in [-0.25, -0.2) is 0 Å². The average molecular weight is 464 g/mol. The molecule has 4 nitrogen and oxygen atoms in total. The van der Waals surface area contributed by atoms with E-state index in [1.54, 1.807) is 0 Å². The highest BCUT2D eigenvalue weighted by Crippen LogP contribution is 2.37. The molecule has 29 heavy (non-hydrogen) atoms. The summed E-state index contributed by atoms with van der Waals surface area (Å²) in [5.41, 5.74) is 3.54. The number of ether oxygens (including phenoxy) is 3. The van der Waals surface area contributed by atoms with Crippen LogP contribution in [0.5, 0.6) is 11.5 Å². The van der Waals surface area contributed by atoms with Crippen LogP contribution in [0.3, 0.4) is 0 Å². The third-order valence-corrected chi connectivity index (χ3v) is 5.04. The zero-order chi connectivity index (χ0) is 20.9. The van der Waals surface area contributed by atoms with E-state index in [0.717, 1.165) is 66.2 Å². The molecule has 0 spiro atoms. The molecule has 0 heterocycles. The normalized spacial score (nSPS) is 10.9. The topological polar surface area (TPSA) is 39.7 Å². The maximum atomic E-state index is 6.10. The van der Waals surface area contributed by atoms with Crippen molar-refractivity contribution in [1.29, 1.82) is 0 Å². The third-order valence-electron chi connectivity index (χ3n) is 4.45. The SMILES string of the molecule is CCCCOCCCNCc1cc(Br)c(OCc2cccc(C)c2)c(OCC)c1. The molecular formula is C24H34BrNO3. The highest BCUT2D eigenvalue weighted by atomic mass is 79.9. The summed E-state index contributed by atoms with van der Waals surface area (Å²) < 4.78 is 18.5. The van der Waals surface area contributed by atoms with Crippen LogP contribution >= 0.6 is 15.9 Å². The van der Waals surface area contributed by atoms with Crippen molar-refractivity contribution < 1.29 is 14.2 Å². The molecule has 1 N–H and O–H groups in total. The van der Waals surface area contributed by atoms with Crippen LogP contribution in [0, 0.1) is 6.92 Å². The number of halogens is 1. The second kappa shape index (κ2) is 13.6. The van der Waals surface area contributed by atoms with Crippen molar-refractivity contribution in [2.45, 2.75) is 53.2 Å². The highest BCUT2D eigenvalue weighted by Gasteiger charge is 2.13. The van der Waals surface area contributed by atoms with E-state index in [2.05, 4.69) is 71.5 Å². The van der Waals surface area contributed by atoms with E-state index in [4.69, 9.17) is 14.2 Å². The largest absolute Gasteiger partial charge is 0.490 e. The maximum absolute atomic E-state index is 6.10. The van der Waals surface area contributed by atoms with Gasteiger partial charge < -0.3 is 19.5 Å². The van der Waals surface area contributed by atoms with Crippen molar-refractivity contribution >= 4 is 15.9 Å². The van der Waals surface area contributed by atoms with Crippen molar-refractivity contribution in [3.8, 4) is 11.5 Å². The smallest absolute Gasteiger partial charge is 0.175 e. The second-order valence-corrected chi connectivity index (χ2v) is 7.97. The van der Waals surface area contributed by atoms with Crippen LogP contribution in [-0.2, 0) is 17.9 Å². The van der Waals surface area contributed by atoms with E-state index in [0.29, 0.717) is 13.2 Å². The Balaban J connectivity index is 1.89. The Morgan fingerprint density at radius 1 is 0.966 bits per heavy atom. The first-order valence-corrected chi connectivity index (χ1v) is 11.3. The van der Waals surface area contributed by atoms with Crippen molar-refractivity contribution in [3.63, 3.8) is 0 Å². The number of unbranched alkanes of at least 4 members (excludes halogenated alkanes) is 1. The predicted molar refractivity (Wildman–Crippen MR) is 123 cm³/mol. The van der Waals surface area contributed by atoms with E-state index in [1.807, 2.05) is 6.92 Å². The van der Waals surface area contributed by atoms with Gasteiger partial charge in [0, 0.05) is 19.8 Å².